The van der Waals surface area contributed by atoms with Gasteiger partial charge in [-0.15, -0.1) is 0 Å². The van der Waals surface area contributed by atoms with E-state index in [2.05, 4.69) is 48.8 Å². The lowest BCUT2D eigenvalue weighted by Crippen LogP contribution is -2.49. The van der Waals surface area contributed by atoms with E-state index in [-0.39, 0.29) is 29.6 Å². The number of piperidine rings is 3. The molecule has 2 aromatic carbocycles. The van der Waals surface area contributed by atoms with Gasteiger partial charge in [-0.2, -0.15) is 0 Å². The Morgan fingerprint density at radius 3 is 2.51 bits per heavy atom. The standard InChI is InChI=1S/C40H46N10O5/c1-47-17-18-50(40(47)54)27-3-2-14-49(22-27)32-21-42-35(37(41)52)38(44-32)43-26-7-4-23(5-8-26)24-12-15-48(16-13-24)28-19-25-6-9-29-34(46-55-36(29)31(25)20-28)30-10-11-33(51)45-39(30)53/h4-9,21,24,27-28,30H,2-3,10-20,22H2,1H3,(H2,41,52)(H,43,44)(H,45,51,53)/t27-,28-,30?/m1/s1. The number of carbonyl (C=O) groups excluding carboxylic acids is 4. The highest BCUT2D eigenvalue weighted by Crippen LogP contribution is 2.39. The fraction of sp³-hybridized carbons (Fsp3) is 0.475. The number of aromatic nitrogens is 3. The molecule has 4 N–H and O–H groups in total. The number of hydrogen-bond acceptors (Lipinski definition) is 11. The zero-order valence-corrected chi connectivity index (χ0v) is 31.0. The van der Waals surface area contributed by atoms with Gasteiger partial charge in [0.25, 0.3) is 5.91 Å². The summed E-state index contributed by atoms with van der Waals surface area (Å²) in [6.07, 6.45) is 8.15. The average Bonchev–Trinajstić information content (AvgIpc) is 3.92. The molecule has 5 aliphatic rings. The van der Waals surface area contributed by atoms with Crippen molar-refractivity contribution < 1.29 is 23.7 Å². The first kappa shape index (κ1) is 35.2. The molecule has 0 radical (unpaired) electrons. The summed E-state index contributed by atoms with van der Waals surface area (Å²) in [6, 6.07) is 13.1. The van der Waals surface area contributed by atoms with E-state index in [0.717, 1.165) is 87.9 Å². The molecule has 4 fully saturated rings. The van der Waals surface area contributed by atoms with Crippen molar-refractivity contribution in [2.45, 2.75) is 75.3 Å². The SMILES string of the molecule is CN1CCN([C@@H]2CCCN(c3cnc(C(N)=O)c(Nc4ccc(C5CCN([C@@H]6Cc7ccc8c(C9CCC(=O)NC9=O)noc8c7C6)CC5)cc4)n3)C2)C1=O. The quantitative estimate of drug-likeness (QED) is 0.224. The van der Waals surface area contributed by atoms with E-state index in [1.807, 2.05) is 30.1 Å². The molecule has 9 rings (SSSR count). The molecule has 0 spiro atoms. The Morgan fingerprint density at radius 2 is 1.76 bits per heavy atom. The van der Waals surface area contributed by atoms with Crippen LogP contribution < -0.4 is 21.3 Å². The normalized spacial score (nSPS) is 23.8. The Bertz CT molecular complexity index is 2160. The first-order valence-corrected chi connectivity index (χ1v) is 19.5. The molecule has 3 atom stereocenters. The minimum absolute atomic E-state index is 0.0666. The van der Waals surface area contributed by atoms with E-state index in [9.17, 15) is 19.2 Å². The molecule has 6 heterocycles. The van der Waals surface area contributed by atoms with Crippen molar-refractivity contribution in [3.8, 4) is 0 Å². The van der Waals surface area contributed by atoms with Crippen LogP contribution >= 0.6 is 0 Å². The van der Waals surface area contributed by atoms with Crippen LogP contribution in [0.3, 0.4) is 0 Å². The molecule has 15 heteroatoms. The lowest BCUT2D eigenvalue weighted by molar-refractivity contribution is -0.134. The van der Waals surface area contributed by atoms with Crippen LogP contribution in [0.25, 0.3) is 11.0 Å². The van der Waals surface area contributed by atoms with Crippen molar-refractivity contribution in [1.29, 1.82) is 0 Å². The minimum Gasteiger partial charge on any atom is -0.364 e. The molecular formula is C40H46N10O5. The molecule has 4 aliphatic heterocycles. The van der Waals surface area contributed by atoms with Gasteiger partial charge in [0, 0.05) is 62.3 Å². The van der Waals surface area contributed by atoms with Crippen LogP contribution in [-0.4, -0.2) is 112 Å². The van der Waals surface area contributed by atoms with Crippen molar-refractivity contribution in [2.75, 3.05) is 56.5 Å². The van der Waals surface area contributed by atoms with Gasteiger partial charge in [0.2, 0.25) is 11.8 Å². The number of rotatable bonds is 8. The fourth-order valence-electron chi connectivity index (χ4n) is 9.36. The van der Waals surface area contributed by atoms with Gasteiger partial charge in [0.15, 0.2) is 17.1 Å². The number of fused-ring (bicyclic) bond motifs is 3. The second-order valence-electron chi connectivity index (χ2n) is 15.7. The smallest absolute Gasteiger partial charge is 0.320 e. The number of urea groups is 1. The summed E-state index contributed by atoms with van der Waals surface area (Å²) < 4.78 is 5.87. The number of hydrogen-bond donors (Lipinski definition) is 3. The van der Waals surface area contributed by atoms with Gasteiger partial charge in [-0.25, -0.2) is 14.8 Å². The van der Waals surface area contributed by atoms with Crippen LogP contribution in [-0.2, 0) is 22.4 Å². The zero-order chi connectivity index (χ0) is 37.8. The van der Waals surface area contributed by atoms with Crippen molar-refractivity contribution in [3.63, 3.8) is 0 Å². The maximum Gasteiger partial charge on any atom is 0.320 e. The van der Waals surface area contributed by atoms with E-state index >= 15 is 0 Å². The van der Waals surface area contributed by atoms with Gasteiger partial charge in [0.05, 0.1) is 18.2 Å². The summed E-state index contributed by atoms with van der Waals surface area (Å²) in [4.78, 5) is 67.0. The van der Waals surface area contributed by atoms with Crippen molar-refractivity contribution >= 4 is 52.0 Å². The summed E-state index contributed by atoms with van der Waals surface area (Å²) in [6.45, 7) is 4.89. The van der Waals surface area contributed by atoms with Crippen LogP contribution in [0.4, 0.5) is 22.1 Å². The van der Waals surface area contributed by atoms with Crippen molar-refractivity contribution in [3.05, 3.63) is 70.7 Å². The number of anilines is 3. The highest BCUT2D eigenvalue weighted by atomic mass is 16.5. The van der Waals surface area contributed by atoms with Gasteiger partial charge in [0.1, 0.15) is 11.5 Å². The lowest BCUT2D eigenvalue weighted by Gasteiger charge is -2.37. The Morgan fingerprint density at radius 1 is 0.945 bits per heavy atom. The molecule has 1 aliphatic carbocycles. The molecule has 55 heavy (non-hydrogen) atoms. The topological polar surface area (TPSA) is 183 Å². The van der Waals surface area contributed by atoms with E-state index < -0.39 is 11.8 Å². The van der Waals surface area contributed by atoms with E-state index in [0.29, 0.717) is 48.7 Å². The number of nitrogens with two attached hydrogens (primary N) is 1. The summed E-state index contributed by atoms with van der Waals surface area (Å²) in [7, 11) is 1.84. The van der Waals surface area contributed by atoms with E-state index in [1.165, 1.54) is 16.7 Å². The maximum absolute atomic E-state index is 12.7. The van der Waals surface area contributed by atoms with Gasteiger partial charge < -0.3 is 30.3 Å². The number of nitrogens with one attached hydrogen (secondary N) is 2. The number of carbonyl (C=O) groups is 4. The predicted octanol–water partition coefficient (Wildman–Crippen LogP) is 3.66. The largest absolute Gasteiger partial charge is 0.364 e. The van der Waals surface area contributed by atoms with Crippen LogP contribution in [0.5, 0.6) is 0 Å². The summed E-state index contributed by atoms with van der Waals surface area (Å²) in [5, 5.41) is 10.9. The Hall–Kier alpha value is -5.57. The molecule has 4 saturated heterocycles. The summed E-state index contributed by atoms with van der Waals surface area (Å²) >= 11 is 0. The third-order valence-electron chi connectivity index (χ3n) is 12.4. The number of benzene rings is 2. The van der Waals surface area contributed by atoms with Crippen molar-refractivity contribution in [2.24, 2.45) is 5.73 Å². The molecule has 286 valence electrons. The first-order chi connectivity index (χ1) is 26.7. The lowest BCUT2D eigenvalue weighted by atomic mass is 9.88. The van der Waals surface area contributed by atoms with Crippen LogP contribution in [0.2, 0.25) is 0 Å². The zero-order valence-electron chi connectivity index (χ0n) is 31.0. The van der Waals surface area contributed by atoms with Gasteiger partial charge >= 0.3 is 6.03 Å². The minimum atomic E-state index is -0.653. The average molecular weight is 747 g/mol. The number of amides is 5. The van der Waals surface area contributed by atoms with Gasteiger partial charge in [-0.3, -0.25) is 24.6 Å². The molecule has 0 saturated carbocycles. The highest BCUT2D eigenvalue weighted by Gasteiger charge is 2.37. The number of imide groups is 1. The summed E-state index contributed by atoms with van der Waals surface area (Å²) in [5.74, 6) is -0.266. The predicted molar refractivity (Wildman–Crippen MR) is 204 cm³/mol. The molecular weight excluding hydrogens is 701 g/mol. The number of nitrogens with zero attached hydrogens (tertiary/aromatic N) is 7. The van der Waals surface area contributed by atoms with Crippen LogP contribution in [0.1, 0.15) is 83.2 Å². The second kappa shape index (κ2) is 14.3. The Balaban J connectivity index is 0.825. The number of likely N-dealkylation sites (N-methyl/N-ethyl adjacent to an activating group) is 1. The van der Waals surface area contributed by atoms with Crippen molar-refractivity contribution in [1.82, 2.24) is 35.1 Å². The molecule has 15 nitrogen and oxygen atoms in total. The Labute approximate surface area is 318 Å². The summed E-state index contributed by atoms with van der Waals surface area (Å²) in [5.41, 5.74) is 11.7. The van der Waals surface area contributed by atoms with E-state index in [4.69, 9.17) is 15.2 Å². The second-order valence-corrected chi connectivity index (χ2v) is 15.7. The maximum atomic E-state index is 12.7. The third kappa shape index (κ3) is 6.64. The monoisotopic (exact) mass is 746 g/mol. The fourth-order valence-corrected chi connectivity index (χ4v) is 9.36. The molecule has 5 amide bonds. The van der Waals surface area contributed by atoms with Gasteiger partial charge in [-0.05, 0) is 93.3 Å². The van der Waals surface area contributed by atoms with E-state index in [1.54, 1.807) is 11.1 Å². The van der Waals surface area contributed by atoms with Crippen LogP contribution in [0.15, 0.2) is 47.1 Å². The molecule has 4 aromatic rings. The number of primary amides is 1. The highest BCUT2D eigenvalue weighted by molar-refractivity contribution is 6.02. The molecule has 2 aromatic heterocycles. The molecule has 0 bridgehead atoms. The molecule has 1 unspecified atom stereocenters. The Kier molecular flexibility index (Phi) is 9.11. The number of likely N-dealkylation sites (tertiary alicyclic amines) is 1. The van der Waals surface area contributed by atoms with Crippen LogP contribution in [0, 0.1) is 0 Å². The third-order valence-corrected chi connectivity index (χ3v) is 12.4. The first-order valence-electron chi connectivity index (χ1n) is 19.5. The van der Waals surface area contributed by atoms with Gasteiger partial charge in [-0.1, -0.05) is 23.4 Å².